The summed E-state index contributed by atoms with van der Waals surface area (Å²) in [6.07, 6.45) is 7.34. The molecule has 1 aromatic heterocycles. The van der Waals surface area contributed by atoms with Gasteiger partial charge in [0.1, 0.15) is 5.69 Å². The van der Waals surface area contributed by atoms with Gasteiger partial charge in [-0.25, -0.2) is 9.36 Å². The molecule has 3 heterocycles. The molecule has 2 N–H and O–H groups in total. The highest BCUT2D eigenvalue weighted by Gasteiger charge is 2.48. The number of nitrogens with zero attached hydrogens (tertiary/aromatic N) is 3. The van der Waals surface area contributed by atoms with Crippen molar-refractivity contribution < 1.29 is 5.11 Å². The van der Waals surface area contributed by atoms with Crippen LogP contribution in [0.3, 0.4) is 0 Å². The third-order valence-electron chi connectivity index (χ3n) is 7.59. The average molecular weight is 449 g/mol. The Bertz CT molecular complexity index is 1250. The molecule has 0 spiro atoms. The van der Waals surface area contributed by atoms with Crippen molar-refractivity contribution in [1.82, 2.24) is 19.4 Å². The molecule has 2 aliphatic heterocycles. The number of fused-ring (bicyclic) bond motifs is 6. The molecule has 7 heteroatoms. The third kappa shape index (κ3) is 2.98. The van der Waals surface area contributed by atoms with E-state index in [9.17, 15) is 9.90 Å². The van der Waals surface area contributed by atoms with E-state index in [-0.39, 0.29) is 23.7 Å². The van der Waals surface area contributed by atoms with Crippen LogP contribution in [0.2, 0.25) is 0 Å². The Labute approximate surface area is 192 Å². The number of benzene rings is 2. The van der Waals surface area contributed by atoms with Gasteiger partial charge < -0.3 is 15.3 Å². The van der Waals surface area contributed by atoms with Gasteiger partial charge in [0.2, 0.25) is 5.88 Å². The molecule has 6 nitrogen and oxygen atoms in total. The molecular weight excluding hydrogens is 420 g/mol. The van der Waals surface area contributed by atoms with Crippen molar-refractivity contribution in [2.75, 3.05) is 13.1 Å². The van der Waals surface area contributed by atoms with Crippen molar-refractivity contribution in [2.45, 2.75) is 50.6 Å². The van der Waals surface area contributed by atoms with E-state index in [0.29, 0.717) is 18.2 Å². The van der Waals surface area contributed by atoms with Crippen molar-refractivity contribution in [2.24, 2.45) is 5.92 Å². The molecule has 2 atom stereocenters. The lowest BCUT2D eigenvalue weighted by Crippen LogP contribution is -2.44. The van der Waals surface area contributed by atoms with Gasteiger partial charge in [-0.3, -0.25) is 4.57 Å². The second kappa shape index (κ2) is 7.66. The van der Waals surface area contributed by atoms with Crippen LogP contribution >= 0.6 is 12.2 Å². The zero-order chi connectivity index (χ0) is 21.8. The van der Waals surface area contributed by atoms with Crippen molar-refractivity contribution >= 4 is 28.1 Å². The predicted octanol–water partition coefficient (Wildman–Crippen LogP) is 4.25. The second-order valence-electron chi connectivity index (χ2n) is 9.44. The Kier molecular flexibility index (Phi) is 4.75. The van der Waals surface area contributed by atoms with Crippen molar-refractivity contribution in [1.29, 1.82) is 0 Å². The lowest BCUT2D eigenvalue weighted by atomic mass is 9.89. The maximum Gasteiger partial charge on any atom is 0.336 e. The molecule has 3 aromatic rings. The van der Waals surface area contributed by atoms with E-state index in [1.807, 2.05) is 42.5 Å². The summed E-state index contributed by atoms with van der Waals surface area (Å²) in [4.78, 5) is 15.6. The highest BCUT2D eigenvalue weighted by Crippen LogP contribution is 2.48. The van der Waals surface area contributed by atoms with Crippen molar-refractivity contribution in [3.05, 3.63) is 58.6 Å². The Morgan fingerprint density at radius 2 is 1.88 bits per heavy atom. The Balaban J connectivity index is 1.31. The van der Waals surface area contributed by atoms with Crippen LogP contribution in [-0.4, -0.2) is 37.3 Å². The zero-order valence-electron chi connectivity index (χ0n) is 18.0. The van der Waals surface area contributed by atoms with Gasteiger partial charge in [-0.15, -0.1) is 0 Å². The monoisotopic (exact) mass is 448 g/mol. The van der Waals surface area contributed by atoms with E-state index in [1.165, 1.54) is 36.7 Å². The van der Waals surface area contributed by atoms with Gasteiger partial charge in [0.25, 0.3) is 0 Å². The summed E-state index contributed by atoms with van der Waals surface area (Å²) in [5.41, 5.74) is 1.25. The highest BCUT2D eigenvalue weighted by atomic mass is 32.1. The van der Waals surface area contributed by atoms with Gasteiger partial charge in [0, 0.05) is 18.5 Å². The number of likely N-dealkylation sites (tertiary alicyclic amines) is 1. The van der Waals surface area contributed by atoms with Crippen LogP contribution in [0.25, 0.3) is 16.5 Å². The van der Waals surface area contributed by atoms with Gasteiger partial charge in [-0.2, -0.15) is 0 Å². The van der Waals surface area contributed by atoms with Crippen LogP contribution in [0.5, 0.6) is 5.88 Å². The number of rotatable bonds is 3. The number of thiocarbonyl (C=S) groups is 1. The molecule has 32 heavy (non-hydrogen) atoms. The van der Waals surface area contributed by atoms with Crippen LogP contribution in [0.1, 0.15) is 56.3 Å². The third-order valence-corrected chi connectivity index (χ3v) is 7.97. The molecule has 3 aliphatic rings. The molecule has 2 bridgehead atoms. The minimum atomic E-state index is -0.165. The van der Waals surface area contributed by atoms with Crippen molar-refractivity contribution in [3.8, 4) is 11.6 Å². The summed E-state index contributed by atoms with van der Waals surface area (Å²) < 4.78 is 3.26. The molecule has 2 aromatic carbocycles. The maximum atomic E-state index is 13.4. The number of nitrogens with one attached hydrogen (secondary N) is 1. The lowest BCUT2D eigenvalue weighted by molar-refractivity contribution is 0.320. The van der Waals surface area contributed by atoms with Gasteiger partial charge >= 0.3 is 5.69 Å². The minimum absolute atomic E-state index is 0.0404. The molecule has 0 unspecified atom stereocenters. The molecule has 6 rings (SSSR count). The highest BCUT2D eigenvalue weighted by molar-refractivity contribution is 7.80. The molecule has 166 valence electrons. The van der Waals surface area contributed by atoms with Crippen LogP contribution in [-0.2, 0) is 0 Å². The molecule has 0 amide bonds. The Morgan fingerprint density at radius 3 is 2.72 bits per heavy atom. The van der Waals surface area contributed by atoms with E-state index in [0.717, 1.165) is 34.5 Å². The number of hydrogen-bond donors (Lipinski definition) is 2. The fourth-order valence-corrected chi connectivity index (χ4v) is 6.30. The standard InChI is InChI=1S/C25H28N4O2S/c30-23-22-21-13-18(15-27(21)24(32)26-14-16-7-2-1-3-8-16)28(22)25(31)29(23)20-12-6-10-17-9-4-5-11-19(17)20/h4-6,9-12,16,18,21,30H,1-3,7-8,13-15H2,(H,26,32)/t18-,21-/m0/s1. The number of aromatic nitrogens is 2. The fraction of sp³-hybridized carbons (Fsp3) is 0.440. The summed E-state index contributed by atoms with van der Waals surface area (Å²) in [7, 11) is 0. The second-order valence-corrected chi connectivity index (χ2v) is 9.83. The van der Waals surface area contributed by atoms with Crippen molar-refractivity contribution in [3.63, 3.8) is 0 Å². The zero-order valence-corrected chi connectivity index (χ0v) is 18.9. The smallest absolute Gasteiger partial charge is 0.336 e. The lowest BCUT2D eigenvalue weighted by Gasteiger charge is -2.31. The first kappa shape index (κ1) is 19.9. The van der Waals surface area contributed by atoms with Gasteiger partial charge in [-0.1, -0.05) is 55.7 Å². The van der Waals surface area contributed by atoms with E-state index in [1.54, 1.807) is 4.57 Å². The van der Waals surface area contributed by atoms with Gasteiger partial charge in [-0.05, 0) is 48.9 Å². The quantitative estimate of drug-likeness (QED) is 0.587. The molecule has 1 aliphatic carbocycles. The predicted molar refractivity (Wildman–Crippen MR) is 129 cm³/mol. The fourth-order valence-electron chi connectivity index (χ4n) is 6.02. The Morgan fingerprint density at radius 1 is 1.09 bits per heavy atom. The maximum absolute atomic E-state index is 13.4. The first-order valence-electron chi connectivity index (χ1n) is 11.7. The normalized spacial score (nSPS) is 22.4. The summed E-state index contributed by atoms with van der Waals surface area (Å²) in [6.45, 7) is 1.63. The molecule has 2 fully saturated rings. The molecule has 1 saturated carbocycles. The first-order chi connectivity index (χ1) is 15.6. The van der Waals surface area contributed by atoms with Crippen LogP contribution in [0, 0.1) is 5.92 Å². The summed E-state index contributed by atoms with van der Waals surface area (Å²) in [6, 6.07) is 13.8. The molecular formula is C25H28N4O2S. The molecule has 0 radical (unpaired) electrons. The number of hydrogen-bond acceptors (Lipinski definition) is 3. The van der Waals surface area contributed by atoms with E-state index in [2.05, 4.69) is 10.2 Å². The van der Waals surface area contributed by atoms with Crippen LogP contribution in [0.4, 0.5) is 0 Å². The average Bonchev–Trinajstić information content (AvgIpc) is 3.49. The number of imidazole rings is 1. The minimum Gasteiger partial charge on any atom is -0.493 e. The van der Waals surface area contributed by atoms with Crippen LogP contribution in [0.15, 0.2) is 47.3 Å². The Hall–Kier alpha value is -2.80. The first-order valence-corrected chi connectivity index (χ1v) is 12.1. The number of aromatic hydroxyl groups is 1. The SMILES string of the molecule is O=c1n(-c2cccc3ccccc23)c(O)c2n1[C@H]1C[C@@H]2N(C(=S)NCC2CCCCC2)C1. The van der Waals surface area contributed by atoms with E-state index in [4.69, 9.17) is 12.2 Å². The van der Waals surface area contributed by atoms with E-state index >= 15 is 0 Å². The summed E-state index contributed by atoms with van der Waals surface area (Å²) in [5.74, 6) is 0.735. The largest absolute Gasteiger partial charge is 0.493 e. The van der Waals surface area contributed by atoms with Gasteiger partial charge in [0.15, 0.2) is 5.11 Å². The summed E-state index contributed by atoms with van der Waals surface area (Å²) in [5, 5.41) is 17.5. The topological polar surface area (TPSA) is 62.4 Å². The summed E-state index contributed by atoms with van der Waals surface area (Å²) >= 11 is 5.75. The van der Waals surface area contributed by atoms with Crippen LogP contribution < -0.4 is 11.0 Å². The molecule has 1 saturated heterocycles. The van der Waals surface area contributed by atoms with Gasteiger partial charge in [0.05, 0.1) is 17.8 Å². The van der Waals surface area contributed by atoms with E-state index < -0.39 is 0 Å².